The lowest BCUT2D eigenvalue weighted by atomic mass is 9.97. The highest BCUT2D eigenvalue weighted by molar-refractivity contribution is 5.90. The summed E-state index contributed by atoms with van der Waals surface area (Å²) >= 11 is 0. The molecule has 0 unspecified atom stereocenters. The van der Waals surface area contributed by atoms with Crippen molar-refractivity contribution in [2.75, 3.05) is 27.4 Å². The molecule has 0 spiro atoms. The van der Waals surface area contributed by atoms with Gasteiger partial charge in [0.2, 0.25) is 11.8 Å². The molecule has 3 aromatic rings. The zero-order valence-electron chi connectivity index (χ0n) is 22.8. The van der Waals surface area contributed by atoms with Gasteiger partial charge in [0, 0.05) is 24.3 Å². The second kappa shape index (κ2) is 11.8. The molecule has 2 atom stereocenters. The number of fused-ring (bicyclic) bond motifs is 1. The zero-order valence-corrected chi connectivity index (χ0v) is 22.8. The van der Waals surface area contributed by atoms with E-state index in [9.17, 15) is 9.59 Å². The van der Waals surface area contributed by atoms with Gasteiger partial charge in [-0.1, -0.05) is 24.3 Å². The Bertz CT molecular complexity index is 1270. The fourth-order valence-corrected chi connectivity index (χ4v) is 4.61. The van der Waals surface area contributed by atoms with Crippen molar-refractivity contribution >= 4 is 22.8 Å². The van der Waals surface area contributed by atoms with Crippen molar-refractivity contribution < 1.29 is 23.8 Å². The summed E-state index contributed by atoms with van der Waals surface area (Å²) in [4.78, 5) is 29.7. The molecule has 204 valence electrons. The number of benzene rings is 2. The smallest absolute Gasteiger partial charge is 0.248 e. The number of hydrogen-bond donors (Lipinski definition) is 1. The molecule has 0 aliphatic carbocycles. The topological polar surface area (TPSA) is 108 Å². The van der Waals surface area contributed by atoms with Gasteiger partial charge in [0.05, 0.1) is 25.8 Å². The number of nitrogens with one attached hydrogen (secondary N) is 1. The molecule has 2 aromatic carbocycles. The van der Waals surface area contributed by atoms with E-state index < -0.39 is 11.6 Å². The van der Waals surface area contributed by atoms with Crippen LogP contribution in [0.5, 0.6) is 11.5 Å². The van der Waals surface area contributed by atoms with Gasteiger partial charge in [-0.3, -0.25) is 9.59 Å². The molecule has 2 amide bonds. The quantitative estimate of drug-likeness (QED) is 0.410. The Morgan fingerprint density at radius 1 is 1.21 bits per heavy atom. The number of aromatic nitrogens is 3. The summed E-state index contributed by atoms with van der Waals surface area (Å²) in [6.07, 6.45) is 2.24. The minimum absolute atomic E-state index is 0.0829. The monoisotopic (exact) mass is 523 g/mol. The number of carbonyl (C=O) groups excluding carboxylic acids is 2. The SMILES string of the molecule is CCC(C)(C)NC(=O)[C@H](c1cc(OC)ccc1OC)N(C[C@H]1CCCO1)C(=O)Cn1nnc2ccccc21. The van der Waals surface area contributed by atoms with Gasteiger partial charge in [-0.15, -0.1) is 5.10 Å². The maximum Gasteiger partial charge on any atom is 0.248 e. The first-order valence-corrected chi connectivity index (χ1v) is 13.0. The third-order valence-corrected chi connectivity index (χ3v) is 7.09. The lowest BCUT2D eigenvalue weighted by molar-refractivity contribution is -0.144. The molecule has 1 aliphatic heterocycles. The number of methoxy groups -OCH3 is 2. The molecule has 2 heterocycles. The second-order valence-electron chi connectivity index (χ2n) is 10.2. The maximum atomic E-state index is 14.1. The van der Waals surface area contributed by atoms with Gasteiger partial charge in [0.25, 0.3) is 0 Å². The van der Waals surface area contributed by atoms with Crippen molar-refractivity contribution in [3.63, 3.8) is 0 Å². The van der Waals surface area contributed by atoms with Crippen LogP contribution in [-0.4, -0.2) is 70.7 Å². The molecule has 10 nitrogen and oxygen atoms in total. The standard InChI is InChI=1S/C28H37N5O5/c1-6-28(2,3)29-27(35)26(21-16-19(36-4)13-14-24(21)37-5)32(17-20-10-9-15-38-20)25(34)18-33-23-12-8-7-11-22(23)30-31-33/h7-8,11-14,16,20,26H,6,9-10,15,17-18H2,1-5H3,(H,29,35)/t20-,26+/m1/s1. The fourth-order valence-electron chi connectivity index (χ4n) is 4.61. The summed E-state index contributed by atoms with van der Waals surface area (Å²) in [5.74, 6) is 0.449. The number of rotatable bonds is 11. The van der Waals surface area contributed by atoms with Crippen LogP contribution in [0.3, 0.4) is 0 Å². The van der Waals surface area contributed by atoms with Gasteiger partial charge in [0.15, 0.2) is 0 Å². The molecule has 1 saturated heterocycles. The van der Waals surface area contributed by atoms with Crippen LogP contribution in [0.25, 0.3) is 11.0 Å². The van der Waals surface area contributed by atoms with Crippen molar-refractivity contribution in [2.24, 2.45) is 0 Å². The lowest BCUT2D eigenvalue weighted by Crippen LogP contribution is -2.52. The van der Waals surface area contributed by atoms with Crippen LogP contribution in [-0.2, 0) is 20.9 Å². The van der Waals surface area contributed by atoms with Crippen molar-refractivity contribution in [1.29, 1.82) is 0 Å². The molecule has 0 saturated carbocycles. The highest BCUT2D eigenvalue weighted by Crippen LogP contribution is 2.35. The van der Waals surface area contributed by atoms with E-state index in [0.717, 1.165) is 18.4 Å². The summed E-state index contributed by atoms with van der Waals surface area (Å²) in [7, 11) is 3.11. The molecule has 1 N–H and O–H groups in total. The van der Waals surface area contributed by atoms with Gasteiger partial charge in [-0.2, -0.15) is 0 Å². The summed E-state index contributed by atoms with van der Waals surface area (Å²) in [6, 6.07) is 11.7. The maximum absolute atomic E-state index is 14.1. The molecular formula is C28H37N5O5. The Morgan fingerprint density at radius 3 is 2.68 bits per heavy atom. The van der Waals surface area contributed by atoms with E-state index in [-0.39, 0.29) is 31.0 Å². The van der Waals surface area contributed by atoms with Crippen LogP contribution in [0.15, 0.2) is 42.5 Å². The third-order valence-electron chi connectivity index (χ3n) is 7.09. The highest BCUT2D eigenvalue weighted by atomic mass is 16.5. The molecule has 1 aliphatic rings. The Morgan fingerprint density at radius 2 is 2.00 bits per heavy atom. The number of carbonyl (C=O) groups is 2. The van der Waals surface area contributed by atoms with Crippen molar-refractivity contribution in [3.8, 4) is 11.5 Å². The molecular weight excluding hydrogens is 486 g/mol. The van der Waals surface area contributed by atoms with Crippen LogP contribution in [0.4, 0.5) is 0 Å². The molecule has 1 fully saturated rings. The van der Waals surface area contributed by atoms with Gasteiger partial charge < -0.3 is 24.4 Å². The minimum atomic E-state index is -0.989. The van der Waals surface area contributed by atoms with E-state index in [1.54, 1.807) is 42.0 Å². The molecule has 1 aromatic heterocycles. The highest BCUT2D eigenvalue weighted by Gasteiger charge is 2.38. The van der Waals surface area contributed by atoms with E-state index in [1.165, 1.54) is 0 Å². The first kappa shape index (κ1) is 27.4. The van der Waals surface area contributed by atoms with Crippen molar-refractivity contribution in [1.82, 2.24) is 25.2 Å². The fraction of sp³-hybridized carbons (Fsp3) is 0.500. The molecule has 4 rings (SSSR count). The average molecular weight is 524 g/mol. The summed E-state index contributed by atoms with van der Waals surface area (Å²) in [5, 5.41) is 11.5. The van der Waals surface area contributed by atoms with Gasteiger partial charge in [-0.25, -0.2) is 4.68 Å². The van der Waals surface area contributed by atoms with Crippen molar-refractivity contribution in [2.45, 2.75) is 64.3 Å². The molecule has 38 heavy (non-hydrogen) atoms. The van der Waals surface area contributed by atoms with Crippen LogP contribution < -0.4 is 14.8 Å². The average Bonchev–Trinajstić information content (AvgIpc) is 3.58. The van der Waals surface area contributed by atoms with Gasteiger partial charge in [0.1, 0.15) is 29.6 Å². The van der Waals surface area contributed by atoms with E-state index in [2.05, 4.69) is 15.6 Å². The lowest BCUT2D eigenvalue weighted by Gasteiger charge is -2.36. The molecule has 0 bridgehead atoms. The van der Waals surface area contributed by atoms with Gasteiger partial charge >= 0.3 is 0 Å². The number of ether oxygens (including phenoxy) is 3. The molecule has 10 heteroatoms. The third kappa shape index (κ3) is 6.07. The number of nitrogens with zero attached hydrogens (tertiary/aromatic N) is 4. The zero-order chi connectivity index (χ0) is 27.3. The summed E-state index contributed by atoms with van der Waals surface area (Å²) < 4.78 is 18.6. The predicted molar refractivity (Wildman–Crippen MR) is 143 cm³/mol. The van der Waals surface area contributed by atoms with Crippen LogP contribution in [0.1, 0.15) is 51.6 Å². The first-order chi connectivity index (χ1) is 18.3. The Hall–Kier alpha value is -3.66. The van der Waals surface area contributed by atoms with Crippen molar-refractivity contribution in [3.05, 3.63) is 48.0 Å². The van der Waals surface area contributed by atoms with Crippen LogP contribution >= 0.6 is 0 Å². The summed E-state index contributed by atoms with van der Waals surface area (Å²) in [6.45, 7) is 6.71. The molecule has 0 radical (unpaired) electrons. The van der Waals surface area contributed by atoms with Crippen LogP contribution in [0.2, 0.25) is 0 Å². The van der Waals surface area contributed by atoms with E-state index in [0.29, 0.717) is 35.6 Å². The van der Waals surface area contributed by atoms with E-state index >= 15 is 0 Å². The largest absolute Gasteiger partial charge is 0.497 e. The number of hydrogen-bond acceptors (Lipinski definition) is 7. The van der Waals surface area contributed by atoms with Gasteiger partial charge in [-0.05, 0) is 63.4 Å². The predicted octanol–water partition coefficient (Wildman–Crippen LogP) is 3.50. The second-order valence-corrected chi connectivity index (χ2v) is 10.2. The number of para-hydroxylation sites is 1. The first-order valence-electron chi connectivity index (χ1n) is 13.0. The normalized spacial score (nSPS) is 16.3. The Labute approximate surface area is 223 Å². The number of amides is 2. The Balaban J connectivity index is 1.79. The minimum Gasteiger partial charge on any atom is -0.497 e. The summed E-state index contributed by atoms with van der Waals surface area (Å²) in [5.41, 5.74) is 1.48. The van der Waals surface area contributed by atoms with E-state index in [4.69, 9.17) is 14.2 Å². The Kier molecular flexibility index (Phi) is 8.51. The van der Waals surface area contributed by atoms with Crippen LogP contribution in [0, 0.1) is 0 Å². The van der Waals surface area contributed by atoms with E-state index in [1.807, 2.05) is 45.0 Å².